The molecule has 8 unspecified atom stereocenters. The highest BCUT2D eigenvalue weighted by molar-refractivity contribution is 5.73. The normalized spacial score (nSPS) is 44.4. The fourth-order valence-electron chi connectivity index (χ4n) is 8.57. The molecule has 0 aromatic carbocycles. The predicted molar refractivity (Wildman–Crippen MR) is 115 cm³/mol. The Hall–Kier alpha value is -1.63. The average Bonchev–Trinajstić information content (AvgIpc) is 2.98. The maximum Gasteiger partial charge on any atom is 0.309 e. The number of esters is 3. The predicted octanol–water partition coefficient (Wildman–Crippen LogP) is 4.22. The first-order valence-electron chi connectivity index (χ1n) is 12.0. The minimum absolute atomic E-state index is 0.0339. The molecule has 0 bridgehead atoms. The van der Waals surface area contributed by atoms with Crippen LogP contribution in [0.5, 0.6) is 0 Å². The van der Waals surface area contributed by atoms with E-state index in [1.54, 1.807) is 0 Å². The van der Waals surface area contributed by atoms with Crippen LogP contribution >= 0.6 is 0 Å². The van der Waals surface area contributed by atoms with E-state index < -0.39 is 41.8 Å². The minimum atomic E-state index is -0.930. The van der Waals surface area contributed by atoms with E-state index in [-0.39, 0.29) is 22.7 Å². The van der Waals surface area contributed by atoms with E-state index in [0.29, 0.717) is 12.3 Å². The summed E-state index contributed by atoms with van der Waals surface area (Å²) >= 11 is 0. The van der Waals surface area contributed by atoms with Crippen LogP contribution < -0.4 is 0 Å². The van der Waals surface area contributed by atoms with Gasteiger partial charge in [-0.2, -0.15) is 0 Å². The minimum Gasteiger partial charge on any atom is -0.469 e. The van der Waals surface area contributed by atoms with Gasteiger partial charge in [0.15, 0.2) is 0 Å². The highest BCUT2D eigenvalue weighted by Gasteiger charge is 2.73. The zero-order chi connectivity index (χ0) is 23.5. The molecule has 3 aliphatic carbocycles. The van der Waals surface area contributed by atoms with Crippen molar-refractivity contribution in [1.82, 2.24) is 0 Å². The number of fused-ring (bicyclic) bond motifs is 2. The van der Waals surface area contributed by atoms with Crippen molar-refractivity contribution in [2.24, 2.45) is 39.9 Å². The lowest BCUT2D eigenvalue weighted by molar-refractivity contribution is -0.245. The summed E-state index contributed by atoms with van der Waals surface area (Å²) in [4.78, 5) is 36.9. The molecule has 1 saturated heterocycles. The summed E-state index contributed by atoms with van der Waals surface area (Å²) in [6.07, 6.45) is 4.94. The third kappa shape index (κ3) is 3.37. The second kappa shape index (κ2) is 8.00. The SMILES string of the molecule is COC(=O)C1CCC2C3(C)CCCC(C)(C)C3CCC23C(OC(C)=O)OC(OC(C)=O)C13. The van der Waals surface area contributed by atoms with E-state index in [0.717, 1.165) is 32.1 Å². The van der Waals surface area contributed by atoms with E-state index in [1.165, 1.54) is 27.4 Å². The molecule has 8 atom stereocenters. The van der Waals surface area contributed by atoms with Crippen molar-refractivity contribution in [1.29, 1.82) is 0 Å². The zero-order valence-corrected chi connectivity index (χ0v) is 20.3. The van der Waals surface area contributed by atoms with Gasteiger partial charge in [0.2, 0.25) is 12.6 Å². The summed E-state index contributed by atoms with van der Waals surface area (Å²) in [7, 11) is 1.39. The third-order valence-corrected chi connectivity index (χ3v) is 9.46. The molecule has 7 heteroatoms. The van der Waals surface area contributed by atoms with Gasteiger partial charge in [-0.25, -0.2) is 0 Å². The van der Waals surface area contributed by atoms with Crippen molar-refractivity contribution in [3.8, 4) is 0 Å². The summed E-state index contributed by atoms with van der Waals surface area (Å²) in [5, 5.41) is 0. The Morgan fingerprint density at radius 3 is 2.19 bits per heavy atom. The van der Waals surface area contributed by atoms with Gasteiger partial charge in [0.25, 0.3) is 0 Å². The van der Waals surface area contributed by atoms with Gasteiger partial charge in [0.1, 0.15) is 0 Å². The maximum absolute atomic E-state index is 12.9. The molecule has 0 N–H and O–H groups in total. The standard InChI is InChI=1S/C25H38O7/c1-14(26)30-21-19-16(20(28)29-6)8-9-18-24(5)12-7-11-23(3,4)17(24)10-13-25(18,19)22(32-21)31-15(2)27/h16-19,21-22H,7-13H2,1-6H3. The van der Waals surface area contributed by atoms with E-state index in [9.17, 15) is 14.4 Å². The summed E-state index contributed by atoms with van der Waals surface area (Å²) in [6, 6.07) is 0. The van der Waals surface area contributed by atoms with Crippen LogP contribution in [0.2, 0.25) is 0 Å². The van der Waals surface area contributed by atoms with Gasteiger partial charge in [0.05, 0.1) is 13.0 Å². The molecule has 4 aliphatic rings. The molecule has 1 aliphatic heterocycles. The number of ether oxygens (including phenoxy) is 4. The lowest BCUT2D eigenvalue weighted by Gasteiger charge is -2.65. The van der Waals surface area contributed by atoms with Gasteiger partial charge in [0, 0.05) is 25.2 Å². The number of carbonyl (C=O) groups excluding carboxylic acids is 3. The topological polar surface area (TPSA) is 88.1 Å². The Kier molecular flexibility index (Phi) is 5.88. The van der Waals surface area contributed by atoms with Crippen molar-refractivity contribution in [3.05, 3.63) is 0 Å². The molecule has 180 valence electrons. The molecule has 32 heavy (non-hydrogen) atoms. The van der Waals surface area contributed by atoms with Gasteiger partial charge < -0.3 is 18.9 Å². The second-order valence-electron chi connectivity index (χ2n) is 11.4. The number of rotatable bonds is 3. The fourth-order valence-corrected chi connectivity index (χ4v) is 8.57. The molecular weight excluding hydrogens is 412 g/mol. The highest BCUT2D eigenvalue weighted by Crippen LogP contribution is 2.72. The first-order valence-corrected chi connectivity index (χ1v) is 12.0. The quantitative estimate of drug-likeness (QED) is 0.470. The highest BCUT2D eigenvalue weighted by atomic mass is 16.8. The number of carbonyl (C=O) groups is 3. The van der Waals surface area contributed by atoms with Crippen LogP contribution in [-0.4, -0.2) is 37.6 Å². The lowest BCUT2D eigenvalue weighted by Crippen LogP contribution is -2.63. The summed E-state index contributed by atoms with van der Waals surface area (Å²) in [5.41, 5.74) is -0.317. The Morgan fingerprint density at radius 1 is 0.875 bits per heavy atom. The summed E-state index contributed by atoms with van der Waals surface area (Å²) < 4.78 is 22.8. The zero-order valence-electron chi connectivity index (χ0n) is 20.3. The van der Waals surface area contributed by atoms with Crippen molar-refractivity contribution < 1.29 is 33.3 Å². The van der Waals surface area contributed by atoms with Gasteiger partial charge in [-0.3, -0.25) is 14.4 Å². The van der Waals surface area contributed by atoms with E-state index in [1.807, 2.05) is 0 Å². The third-order valence-electron chi connectivity index (χ3n) is 9.46. The molecule has 4 rings (SSSR count). The van der Waals surface area contributed by atoms with Crippen molar-refractivity contribution in [2.75, 3.05) is 7.11 Å². The van der Waals surface area contributed by atoms with Crippen molar-refractivity contribution in [3.63, 3.8) is 0 Å². The van der Waals surface area contributed by atoms with Crippen LogP contribution in [0.4, 0.5) is 0 Å². The van der Waals surface area contributed by atoms with E-state index in [2.05, 4.69) is 20.8 Å². The van der Waals surface area contributed by atoms with Crippen molar-refractivity contribution >= 4 is 17.9 Å². The lowest BCUT2D eigenvalue weighted by atomic mass is 9.38. The average molecular weight is 451 g/mol. The van der Waals surface area contributed by atoms with Gasteiger partial charge in [-0.15, -0.1) is 0 Å². The summed E-state index contributed by atoms with van der Waals surface area (Å²) in [6.45, 7) is 9.86. The Labute approximate surface area is 190 Å². The molecule has 0 amide bonds. The molecule has 0 radical (unpaired) electrons. The number of methoxy groups -OCH3 is 1. The number of hydrogen-bond acceptors (Lipinski definition) is 7. The van der Waals surface area contributed by atoms with Gasteiger partial charge in [-0.05, 0) is 61.2 Å². The molecular formula is C25H38O7. The summed E-state index contributed by atoms with van der Waals surface area (Å²) in [5.74, 6) is -1.33. The molecule has 0 aromatic rings. The Balaban J connectivity index is 1.84. The molecule has 1 heterocycles. The van der Waals surface area contributed by atoms with Crippen LogP contribution in [0.15, 0.2) is 0 Å². The fraction of sp³-hybridized carbons (Fsp3) is 0.880. The van der Waals surface area contributed by atoms with Crippen LogP contribution in [0.25, 0.3) is 0 Å². The monoisotopic (exact) mass is 450 g/mol. The largest absolute Gasteiger partial charge is 0.469 e. The molecule has 3 saturated carbocycles. The Bertz CT molecular complexity index is 791. The molecule has 0 aromatic heterocycles. The smallest absolute Gasteiger partial charge is 0.309 e. The van der Waals surface area contributed by atoms with Gasteiger partial charge in [-0.1, -0.05) is 27.2 Å². The molecule has 7 nitrogen and oxygen atoms in total. The van der Waals surface area contributed by atoms with Crippen LogP contribution in [0.1, 0.15) is 79.6 Å². The van der Waals surface area contributed by atoms with Crippen LogP contribution in [0.3, 0.4) is 0 Å². The van der Waals surface area contributed by atoms with E-state index >= 15 is 0 Å². The molecule has 4 fully saturated rings. The maximum atomic E-state index is 12.9. The van der Waals surface area contributed by atoms with Gasteiger partial charge >= 0.3 is 17.9 Å². The van der Waals surface area contributed by atoms with E-state index in [4.69, 9.17) is 18.9 Å². The van der Waals surface area contributed by atoms with Crippen molar-refractivity contribution in [2.45, 2.75) is 92.1 Å². The first kappa shape index (κ1) is 23.5. The first-order chi connectivity index (χ1) is 15.0. The Morgan fingerprint density at radius 2 is 1.56 bits per heavy atom. The molecule has 1 spiro atoms. The second-order valence-corrected chi connectivity index (χ2v) is 11.4. The van der Waals surface area contributed by atoms with Crippen LogP contribution in [0, 0.1) is 39.9 Å². The van der Waals surface area contributed by atoms with Crippen LogP contribution in [-0.2, 0) is 33.3 Å². The number of hydrogen-bond donors (Lipinski definition) is 0.